The molecule has 27 heavy (non-hydrogen) atoms. The van der Waals surface area contributed by atoms with E-state index >= 15 is 0 Å². The zero-order valence-corrected chi connectivity index (χ0v) is 16.1. The molecular weight excluding hydrogens is 385 g/mol. The highest BCUT2D eigenvalue weighted by Crippen LogP contribution is 2.38. The van der Waals surface area contributed by atoms with Crippen LogP contribution in [0, 0.1) is 0 Å². The molecule has 2 heterocycles. The van der Waals surface area contributed by atoms with Crippen LogP contribution >= 0.6 is 23.2 Å². The van der Waals surface area contributed by atoms with Gasteiger partial charge in [0.1, 0.15) is 0 Å². The van der Waals surface area contributed by atoms with Crippen molar-refractivity contribution >= 4 is 40.8 Å². The van der Waals surface area contributed by atoms with E-state index in [1.807, 2.05) is 18.2 Å². The van der Waals surface area contributed by atoms with Crippen LogP contribution < -0.4 is 10.6 Å². The van der Waals surface area contributed by atoms with Crippen LogP contribution in [-0.4, -0.2) is 29.9 Å². The summed E-state index contributed by atoms with van der Waals surface area (Å²) in [6.45, 7) is 1.11. The SMILES string of the molecule is O=C1Cc2ccccc2C2(CCN(C(=O)Nc3ccc(Cl)c(Cl)c3)CC2)N1. The molecule has 2 aliphatic heterocycles. The summed E-state index contributed by atoms with van der Waals surface area (Å²) in [4.78, 5) is 26.5. The molecule has 4 rings (SSSR count). The van der Waals surface area contributed by atoms with Gasteiger partial charge in [-0.2, -0.15) is 0 Å². The quantitative estimate of drug-likeness (QED) is 0.749. The Labute approximate surface area is 167 Å². The zero-order chi connectivity index (χ0) is 19.0. The maximum atomic E-state index is 12.6. The number of nitrogens with zero attached hydrogens (tertiary/aromatic N) is 1. The Morgan fingerprint density at radius 2 is 1.81 bits per heavy atom. The Hall–Kier alpha value is -2.24. The number of carbonyl (C=O) groups is 2. The van der Waals surface area contributed by atoms with Gasteiger partial charge in [0.05, 0.1) is 22.0 Å². The number of nitrogens with one attached hydrogen (secondary N) is 2. The van der Waals surface area contributed by atoms with Gasteiger partial charge in [0.15, 0.2) is 0 Å². The minimum absolute atomic E-state index is 0.0439. The van der Waals surface area contributed by atoms with E-state index in [9.17, 15) is 9.59 Å². The molecule has 1 saturated heterocycles. The van der Waals surface area contributed by atoms with Gasteiger partial charge in [-0.15, -0.1) is 0 Å². The fraction of sp³-hybridized carbons (Fsp3) is 0.300. The zero-order valence-electron chi connectivity index (χ0n) is 14.6. The molecule has 0 radical (unpaired) electrons. The van der Waals surface area contributed by atoms with Crippen molar-refractivity contribution in [3.63, 3.8) is 0 Å². The Kier molecular flexibility index (Phi) is 4.74. The molecule has 1 fully saturated rings. The maximum Gasteiger partial charge on any atom is 0.321 e. The molecule has 2 aromatic carbocycles. The lowest BCUT2D eigenvalue weighted by Crippen LogP contribution is -2.57. The first-order valence-corrected chi connectivity index (χ1v) is 9.63. The second-order valence-electron chi connectivity index (χ2n) is 7.01. The summed E-state index contributed by atoms with van der Waals surface area (Å²) >= 11 is 11.9. The third-order valence-corrected chi connectivity index (χ3v) is 6.08. The first-order chi connectivity index (χ1) is 13.0. The van der Waals surface area contributed by atoms with Gasteiger partial charge in [-0.25, -0.2) is 4.79 Å². The number of likely N-dealkylation sites (tertiary alicyclic amines) is 1. The third kappa shape index (κ3) is 3.49. The van der Waals surface area contributed by atoms with Gasteiger partial charge in [-0.3, -0.25) is 4.79 Å². The van der Waals surface area contributed by atoms with E-state index < -0.39 is 0 Å². The minimum atomic E-state index is -0.383. The topological polar surface area (TPSA) is 61.4 Å². The summed E-state index contributed by atoms with van der Waals surface area (Å²) in [5.41, 5.74) is 2.47. The number of fused-ring (bicyclic) bond motifs is 2. The number of hydrogen-bond acceptors (Lipinski definition) is 2. The van der Waals surface area contributed by atoms with Crippen LogP contribution in [0.3, 0.4) is 0 Å². The molecule has 0 saturated carbocycles. The number of halogens is 2. The van der Waals surface area contributed by atoms with Crippen molar-refractivity contribution in [1.82, 2.24) is 10.2 Å². The monoisotopic (exact) mass is 403 g/mol. The second kappa shape index (κ2) is 7.06. The van der Waals surface area contributed by atoms with E-state index in [0.717, 1.165) is 5.56 Å². The van der Waals surface area contributed by atoms with Gasteiger partial charge in [-0.05, 0) is 42.2 Å². The lowest BCUT2D eigenvalue weighted by atomic mass is 9.76. The van der Waals surface area contributed by atoms with E-state index in [2.05, 4.69) is 16.7 Å². The largest absolute Gasteiger partial charge is 0.346 e. The van der Waals surface area contributed by atoms with E-state index in [4.69, 9.17) is 23.2 Å². The Balaban J connectivity index is 1.46. The highest BCUT2D eigenvalue weighted by molar-refractivity contribution is 6.42. The van der Waals surface area contributed by atoms with Crippen LogP contribution in [0.1, 0.15) is 24.0 Å². The fourth-order valence-electron chi connectivity index (χ4n) is 3.95. The first kappa shape index (κ1) is 18.1. The van der Waals surface area contributed by atoms with Gasteiger partial charge < -0.3 is 15.5 Å². The summed E-state index contributed by atoms with van der Waals surface area (Å²) in [7, 11) is 0. The fourth-order valence-corrected chi connectivity index (χ4v) is 4.25. The number of anilines is 1. The summed E-state index contributed by atoms with van der Waals surface area (Å²) in [6.07, 6.45) is 1.79. The van der Waals surface area contributed by atoms with Crippen molar-refractivity contribution in [2.45, 2.75) is 24.8 Å². The van der Waals surface area contributed by atoms with Crippen LogP contribution in [0.2, 0.25) is 10.0 Å². The lowest BCUT2D eigenvalue weighted by Gasteiger charge is -2.45. The number of carbonyl (C=O) groups excluding carboxylic acids is 2. The highest BCUT2D eigenvalue weighted by Gasteiger charge is 2.42. The average molecular weight is 404 g/mol. The standard InChI is InChI=1S/C20H19Cl2N3O2/c21-16-6-5-14(12-17(16)22)23-19(27)25-9-7-20(8-10-25)15-4-2-1-3-13(15)11-18(26)24-20/h1-6,12H,7-11H2,(H,23,27)(H,24,26). The number of hydrogen-bond donors (Lipinski definition) is 2. The Bertz CT molecular complexity index is 908. The summed E-state index contributed by atoms with van der Waals surface area (Å²) in [5.74, 6) is 0.0439. The second-order valence-corrected chi connectivity index (χ2v) is 7.82. The van der Waals surface area contributed by atoms with Crippen LogP contribution in [-0.2, 0) is 16.8 Å². The molecule has 0 unspecified atom stereocenters. The summed E-state index contributed by atoms with van der Waals surface area (Å²) < 4.78 is 0. The average Bonchev–Trinajstić information content (AvgIpc) is 2.65. The minimum Gasteiger partial charge on any atom is -0.346 e. The van der Waals surface area contributed by atoms with Crippen LogP contribution in [0.15, 0.2) is 42.5 Å². The number of urea groups is 1. The molecule has 1 spiro atoms. The molecule has 140 valence electrons. The smallest absolute Gasteiger partial charge is 0.321 e. The van der Waals surface area contributed by atoms with Crippen LogP contribution in [0.5, 0.6) is 0 Å². The predicted octanol–water partition coefficient (Wildman–Crippen LogP) is 4.19. The normalized spacial score (nSPS) is 18.0. The van der Waals surface area contributed by atoms with Gasteiger partial charge in [0, 0.05) is 18.8 Å². The van der Waals surface area contributed by atoms with Gasteiger partial charge in [0.2, 0.25) is 5.91 Å². The predicted molar refractivity (Wildman–Crippen MR) is 106 cm³/mol. The van der Waals surface area contributed by atoms with Crippen molar-refractivity contribution < 1.29 is 9.59 Å². The number of amides is 3. The van der Waals surface area contributed by atoms with E-state index in [-0.39, 0.29) is 17.5 Å². The molecule has 0 aliphatic carbocycles. The van der Waals surface area contributed by atoms with Crippen molar-refractivity contribution in [3.8, 4) is 0 Å². The molecule has 0 bridgehead atoms. The lowest BCUT2D eigenvalue weighted by molar-refractivity contribution is -0.123. The maximum absolute atomic E-state index is 12.6. The van der Waals surface area contributed by atoms with Crippen molar-refractivity contribution in [3.05, 3.63) is 63.6 Å². The van der Waals surface area contributed by atoms with Crippen LogP contribution in [0.25, 0.3) is 0 Å². The van der Waals surface area contributed by atoms with Crippen molar-refractivity contribution in [2.24, 2.45) is 0 Å². The Morgan fingerprint density at radius 3 is 2.56 bits per heavy atom. The molecule has 2 N–H and O–H groups in total. The Morgan fingerprint density at radius 1 is 1.07 bits per heavy atom. The van der Waals surface area contributed by atoms with Gasteiger partial charge in [-0.1, -0.05) is 47.5 Å². The van der Waals surface area contributed by atoms with E-state index in [1.165, 1.54) is 5.56 Å². The van der Waals surface area contributed by atoms with E-state index in [0.29, 0.717) is 48.1 Å². The van der Waals surface area contributed by atoms with Gasteiger partial charge >= 0.3 is 6.03 Å². The molecule has 7 heteroatoms. The molecular formula is C20H19Cl2N3O2. The molecule has 0 atom stereocenters. The van der Waals surface area contributed by atoms with Crippen molar-refractivity contribution in [2.75, 3.05) is 18.4 Å². The number of piperidine rings is 1. The molecule has 2 aliphatic rings. The summed E-state index contributed by atoms with van der Waals surface area (Å²) in [5, 5.41) is 6.88. The van der Waals surface area contributed by atoms with Crippen molar-refractivity contribution in [1.29, 1.82) is 0 Å². The third-order valence-electron chi connectivity index (χ3n) is 5.34. The van der Waals surface area contributed by atoms with Crippen LogP contribution in [0.4, 0.5) is 10.5 Å². The summed E-state index contributed by atoms with van der Waals surface area (Å²) in [6, 6.07) is 12.9. The number of rotatable bonds is 1. The van der Waals surface area contributed by atoms with E-state index in [1.54, 1.807) is 23.1 Å². The first-order valence-electron chi connectivity index (χ1n) is 8.87. The number of benzene rings is 2. The highest BCUT2D eigenvalue weighted by atomic mass is 35.5. The molecule has 5 nitrogen and oxygen atoms in total. The van der Waals surface area contributed by atoms with Gasteiger partial charge in [0.25, 0.3) is 0 Å². The molecule has 2 aromatic rings. The molecule has 0 aromatic heterocycles. The molecule has 3 amide bonds.